The first-order valence-corrected chi connectivity index (χ1v) is 9.71. The molecule has 0 aromatic carbocycles. The van der Waals surface area contributed by atoms with E-state index in [9.17, 15) is 9.59 Å². The quantitative estimate of drug-likeness (QED) is 0.651. The SMILES string of the molecule is CC(C)c1c(C=O)cnc2sc3c(=O)n(C4CCCCC4)cnc3c12. The fourth-order valence-electron chi connectivity index (χ4n) is 3.98. The molecule has 3 aromatic rings. The lowest BCUT2D eigenvalue weighted by Crippen LogP contribution is -2.26. The Labute approximate surface area is 149 Å². The van der Waals surface area contributed by atoms with Crippen molar-refractivity contribution in [3.8, 4) is 0 Å². The number of rotatable bonds is 3. The van der Waals surface area contributed by atoms with E-state index >= 15 is 0 Å². The van der Waals surface area contributed by atoms with Crippen molar-refractivity contribution in [3.63, 3.8) is 0 Å². The lowest BCUT2D eigenvalue weighted by Gasteiger charge is -2.23. The lowest BCUT2D eigenvalue weighted by molar-refractivity contribution is 0.112. The van der Waals surface area contributed by atoms with Crippen molar-refractivity contribution >= 4 is 38.1 Å². The number of hydrogen-bond donors (Lipinski definition) is 0. The van der Waals surface area contributed by atoms with Crippen LogP contribution in [0.4, 0.5) is 0 Å². The number of carbonyl (C=O) groups excluding carboxylic acids is 1. The van der Waals surface area contributed by atoms with Crippen LogP contribution in [0.15, 0.2) is 17.3 Å². The molecule has 0 spiro atoms. The van der Waals surface area contributed by atoms with Gasteiger partial charge in [0.2, 0.25) is 0 Å². The smallest absolute Gasteiger partial charge is 0.271 e. The van der Waals surface area contributed by atoms with Crippen molar-refractivity contribution < 1.29 is 4.79 Å². The third kappa shape index (κ3) is 2.59. The molecule has 0 amide bonds. The molecule has 0 unspecified atom stereocenters. The van der Waals surface area contributed by atoms with Crippen molar-refractivity contribution in [1.29, 1.82) is 0 Å². The Morgan fingerprint density at radius 1 is 1.24 bits per heavy atom. The summed E-state index contributed by atoms with van der Waals surface area (Å²) in [5.74, 6) is 0.158. The van der Waals surface area contributed by atoms with E-state index in [2.05, 4.69) is 23.8 Å². The summed E-state index contributed by atoms with van der Waals surface area (Å²) in [5, 5.41) is 0.868. The third-order valence-electron chi connectivity index (χ3n) is 5.18. The molecule has 25 heavy (non-hydrogen) atoms. The van der Waals surface area contributed by atoms with Crippen molar-refractivity contribution in [2.24, 2.45) is 0 Å². The van der Waals surface area contributed by atoms with Crippen LogP contribution < -0.4 is 5.56 Å². The van der Waals surface area contributed by atoms with Crippen LogP contribution in [0.3, 0.4) is 0 Å². The molecule has 1 aliphatic rings. The molecular weight excluding hydrogens is 334 g/mol. The van der Waals surface area contributed by atoms with E-state index in [4.69, 9.17) is 0 Å². The van der Waals surface area contributed by atoms with Crippen LogP contribution in [0.25, 0.3) is 20.4 Å². The molecule has 1 aliphatic carbocycles. The van der Waals surface area contributed by atoms with Gasteiger partial charge in [0.15, 0.2) is 6.29 Å². The second-order valence-electron chi connectivity index (χ2n) is 7.11. The summed E-state index contributed by atoms with van der Waals surface area (Å²) in [6, 6.07) is 0.256. The van der Waals surface area contributed by atoms with Crippen LogP contribution >= 0.6 is 11.3 Å². The van der Waals surface area contributed by atoms with Crippen molar-refractivity contribution in [2.45, 2.75) is 57.9 Å². The zero-order valence-corrected chi connectivity index (χ0v) is 15.3. The molecular formula is C19H21N3O2S. The zero-order chi connectivity index (χ0) is 17.6. The molecule has 1 fully saturated rings. The zero-order valence-electron chi connectivity index (χ0n) is 14.5. The van der Waals surface area contributed by atoms with E-state index in [0.717, 1.165) is 34.9 Å². The first-order chi connectivity index (χ1) is 12.1. The number of fused-ring (bicyclic) bond motifs is 3. The van der Waals surface area contributed by atoms with E-state index < -0.39 is 0 Å². The number of thiophene rings is 1. The topological polar surface area (TPSA) is 64.8 Å². The minimum atomic E-state index is 0.0299. The van der Waals surface area contributed by atoms with E-state index in [-0.39, 0.29) is 17.5 Å². The Balaban J connectivity index is 2.00. The highest BCUT2D eigenvalue weighted by Crippen LogP contribution is 2.36. The largest absolute Gasteiger partial charge is 0.298 e. The molecule has 0 bridgehead atoms. The highest BCUT2D eigenvalue weighted by atomic mass is 32.1. The Morgan fingerprint density at radius 3 is 2.68 bits per heavy atom. The van der Waals surface area contributed by atoms with Crippen LogP contribution in [-0.4, -0.2) is 20.8 Å². The fraction of sp³-hybridized carbons (Fsp3) is 0.474. The second-order valence-corrected chi connectivity index (χ2v) is 8.11. The summed E-state index contributed by atoms with van der Waals surface area (Å²) in [6.45, 7) is 4.10. The van der Waals surface area contributed by atoms with Gasteiger partial charge < -0.3 is 0 Å². The van der Waals surface area contributed by atoms with E-state index in [1.807, 2.05) is 4.57 Å². The average molecular weight is 355 g/mol. The van der Waals surface area contributed by atoms with Crippen LogP contribution in [0.5, 0.6) is 0 Å². The average Bonchev–Trinajstić information content (AvgIpc) is 3.01. The Morgan fingerprint density at radius 2 is 2.00 bits per heavy atom. The van der Waals surface area contributed by atoms with E-state index in [1.54, 1.807) is 12.5 Å². The van der Waals surface area contributed by atoms with E-state index in [1.165, 1.54) is 30.6 Å². The van der Waals surface area contributed by atoms with Gasteiger partial charge in [-0.25, -0.2) is 9.97 Å². The molecule has 5 nitrogen and oxygen atoms in total. The highest BCUT2D eigenvalue weighted by molar-refractivity contribution is 7.25. The van der Waals surface area contributed by atoms with Crippen molar-refractivity contribution in [2.75, 3.05) is 0 Å². The molecule has 0 saturated heterocycles. The third-order valence-corrected chi connectivity index (χ3v) is 6.25. The van der Waals surface area contributed by atoms with Crippen LogP contribution in [0.1, 0.15) is 73.8 Å². The normalized spacial score (nSPS) is 16.1. The van der Waals surface area contributed by atoms with Crippen molar-refractivity contribution in [1.82, 2.24) is 14.5 Å². The van der Waals surface area contributed by atoms with Gasteiger partial charge in [-0.2, -0.15) is 0 Å². The molecule has 0 N–H and O–H groups in total. The minimum Gasteiger partial charge on any atom is -0.298 e. The number of aromatic nitrogens is 3. The molecule has 0 aliphatic heterocycles. The first-order valence-electron chi connectivity index (χ1n) is 8.89. The monoisotopic (exact) mass is 355 g/mol. The van der Waals surface area contributed by atoms with E-state index in [0.29, 0.717) is 15.8 Å². The lowest BCUT2D eigenvalue weighted by atomic mass is 9.95. The van der Waals surface area contributed by atoms with Crippen LogP contribution in [-0.2, 0) is 0 Å². The first kappa shape index (κ1) is 16.4. The number of pyridine rings is 1. The predicted octanol–water partition coefficient (Wildman–Crippen LogP) is 4.45. The van der Waals surface area contributed by atoms with Gasteiger partial charge in [-0.3, -0.25) is 14.2 Å². The summed E-state index contributed by atoms with van der Waals surface area (Å²) in [7, 11) is 0. The summed E-state index contributed by atoms with van der Waals surface area (Å²) < 4.78 is 2.47. The molecule has 4 rings (SSSR count). The van der Waals surface area contributed by atoms with Gasteiger partial charge >= 0.3 is 0 Å². The Hall–Kier alpha value is -2.08. The Bertz CT molecular complexity index is 1010. The molecule has 1 saturated carbocycles. The molecule has 6 heteroatoms. The van der Waals surface area contributed by atoms with Crippen molar-refractivity contribution in [3.05, 3.63) is 34.0 Å². The maximum absolute atomic E-state index is 13.1. The predicted molar refractivity (Wildman–Crippen MR) is 101 cm³/mol. The molecule has 3 heterocycles. The highest BCUT2D eigenvalue weighted by Gasteiger charge is 2.22. The Kier molecular flexibility index (Phi) is 4.15. The summed E-state index contributed by atoms with van der Waals surface area (Å²) in [6.07, 6.45) is 9.83. The maximum Gasteiger partial charge on any atom is 0.271 e. The molecule has 3 aromatic heterocycles. The van der Waals surface area contributed by atoms with Gasteiger partial charge in [-0.05, 0) is 24.3 Å². The number of carbonyl (C=O) groups is 1. The number of nitrogens with zero attached hydrogens (tertiary/aromatic N) is 3. The number of hydrogen-bond acceptors (Lipinski definition) is 5. The summed E-state index contributed by atoms with van der Waals surface area (Å²) >= 11 is 1.39. The van der Waals surface area contributed by atoms with Crippen LogP contribution in [0, 0.1) is 0 Å². The van der Waals surface area contributed by atoms with Gasteiger partial charge in [0.05, 0.1) is 11.8 Å². The van der Waals surface area contributed by atoms with Gasteiger partial charge in [-0.1, -0.05) is 33.1 Å². The standard InChI is InChI=1S/C19H21N3O2S/c1-11(2)14-12(9-23)8-20-18-15(14)16-17(25-18)19(24)22(10-21-16)13-6-4-3-5-7-13/h8-11,13H,3-7H2,1-2H3. The van der Waals surface area contributed by atoms with Crippen LogP contribution in [0.2, 0.25) is 0 Å². The molecule has 0 atom stereocenters. The van der Waals surface area contributed by atoms with Gasteiger partial charge in [0, 0.05) is 23.2 Å². The second kappa shape index (κ2) is 6.33. The summed E-state index contributed by atoms with van der Waals surface area (Å²) in [4.78, 5) is 34.4. The molecule has 130 valence electrons. The number of aldehydes is 1. The van der Waals surface area contributed by atoms with Gasteiger partial charge in [-0.15, -0.1) is 11.3 Å². The van der Waals surface area contributed by atoms with Gasteiger partial charge in [0.1, 0.15) is 9.53 Å². The van der Waals surface area contributed by atoms with Gasteiger partial charge in [0.25, 0.3) is 5.56 Å². The minimum absolute atomic E-state index is 0.0299. The fourth-order valence-corrected chi connectivity index (χ4v) is 5.03. The summed E-state index contributed by atoms with van der Waals surface area (Å²) in [5.41, 5.74) is 2.24. The molecule has 0 radical (unpaired) electrons. The maximum atomic E-state index is 13.1.